The monoisotopic (exact) mass is 1020 g/mol. The molecule has 0 bridgehead atoms. The molecule has 370 valence electrons. The fourth-order valence-electron chi connectivity index (χ4n) is 5.77. The smallest absolute Gasteiger partial charge is 0.330 e. The molecule has 0 heterocycles. The van der Waals surface area contributed by atoms with Crippen LogP contribution >= 0.6 is 89.6 Å². The third kappa shape index (κ3) is 48.7. The van der Waals surface area contributed by atoms with E-state index < -0.39 is 15.2 Å². The van der Waals surface area contributed by atoms with Gasteiger partial charge in [0.1, 0.15) is 0 Å². The lowest BCUT2D eigenvalue weighted by Crippen LogP contribution is -2.31. The summed E-state index contributed by atoms with van der Waals surface area (Å²) in [7, 11) is -6.56. The highest BCUT2D eigenvalue weighted by Gasteiger charge is 2.27. The summed E-state index contributed by atoms with van der Waals surface area (Å²) in [4.78, 5) is 4.52. The van der Waals surface area contributed by atoms with E-state index in [-0.39, 0.29) is 74.4 Å². The quantitative estimate of drug-likeness (QED) is 0.0258. The minimum absolute atomic E-state index is 0. The minimum atomic E-state index is -3.28. The van der Waals surface area contributed by atoms with E-state index in [1.165, 1.54) is 38.5 Å². The van der Waals surface area contributed by atoms with Crippen LogP contribution in [0.2, 0.25) is 0 Å². The van der Waals surface area contributed by atoms with Gasteiger partial charge >= 0.3 is 15.2 Å². The van der Waals surface area contributed by atoms with Crippen LogP contribution in [-0.2, 0) is 27.2 Å². The van der Waals surface area contributed by atoms with Gasteiger partial charge in [0.15, 0.2) is 0 Å². The van der Waals surface area contributed by atoms with Crippen molar-refractivity contribution in [3.8, 4) is 0 Å². The fraction of sp³-hybridized carbons (Fsp3) is 0.900. The lowest BCUT2D eigenvalue weighted by Gasteiger charge is -2.25. The first-order valence-corrected chi connectivity index (χ1v) is 25.1. The number of halogens is 6. The molecule has 0 aliphatic carbocycles. The van der Waals surface area contributed by atoms with E-state index in [0.717, 1.165) is 90.4 Å². The lowest BCUT2D eigenvalue weighted by molar-refractivity contribution is 0.190. The predicted octanol–water partition coefficient (Wildman–Crippen LogP) is 10.6. The molecule has 0 aromatic rings. The fourth-order valence-corrected chi connectivity index (χ4v) is 9.07. The molecular weight excluding hydrogens is 935 g/mol. The van der Waals surface area contributed by atoms with E-state index in [0.29, 0.717) is 90.9 Å². The van der Waals surface area contributed by atoms with Crippen molar-refractivity contribution in [1.29, 1.82) is 0 Å². The molecule has 60 heavy (non-hydrogen) atoms. The van der Waals surface area contributed by atoms with Gasteiger partial charge in [0, 0.05) is 13.1 Å². The minimum Gasteiger partial charge on any atom is -0.330 e. The summed E-state index contributed by atoms with van der Waals surface area (Å²) in [5, 5.41) is 0. The Kier molecular flexibility index (Phi) is 71.1. The maximum absolute atomic E-state index is 13.9. The maximum atomic E-state index is 13.9. The van der Waals surface area contributed by atoms with Gasteiger partial charge in [-0.3, -0.25) is 9.13 Å². The zero-order chi connectivity index (χ0) is 39.9. The number of hydrogen-bond donors (Lipinski definition) is 4. The highest BCUT2D eigenvalue weighted by atomic mass is 35.5. The topological polar surface area (TPSA) is 182 Å². The number of unbranched alkanes of at least 4 members (excludes halogenated alkanes) is 9. The molecule has 0 aliphatic rings. The summed E-state index contributed by atoms with van der Waals surface area (Å²) in [6.45, 7) is 13.0. The molecule has 12 nitrogen and oxygen atoms in total. The van der Waals surface area contributed by atoms with E-state index >= 15 is 0 Å². The van der Waals surface area contributed by atoms with Gasteiger partial charge in [-0.25, -0.2) is 0 Å². The third-order valence-electron chi connectivity index (χ3n) is 9.14. The number of rotatable bonds is 43. The summed E-state index contributed by atoms with van der Waals surface area (Å²) in [6, 6.07) is 0. The van der Waals surface area contributed by atoms with Crippen LogP contribution < -0.4 is 22.9 Å². The molecule has 8 N–H and O–H groups in total. The number of allylic oxidation sites excluding steroid dienone is 2. The van der Waals surface area contributed by atoms with Crippen LogP contribution in [0.25, 0.3) is 0 Å². The molecule has 0 saturated carbocycles. The Hall–Kier alpha value is 1.28. The summed E-state index contributed by atoms with van der Waals surface area (Å²) in [5.74, 6) is 0. The zero-order valence-electron chi connectivity index (χ0n) is 37.3. The van der Waals surface area contributed by atoms with Crippen molar-refractivity contribution < 1.29 is 27.2 Å². The van der Waals surface area contributed by atoms with Gasteiger partial charge < -0.3 is 50.8 Å². The Labute approximate surface area is 405 Å². The summed E-state index contributed by atoms with van der Waals surface area (Å²) in [6.07, 6.45) is 26.9. The molecule has 0 aromatic carbocycles. The Balaban J connectivity index is -0.000000936. The van der Waals surface area contributed by atoms with Gasteiger partial charge in [0.05, 0.1) is 38.8 Å². The van der Waals surface area contributed by atoms with Crippen LogP contribution in [0, 0.1) is 0 Å². The van der Waals surface area contributed by atoms with Crippen molar-refractivity contribution in [2.24, 2.45) is 22.9 Å². The number of nitrogens with two attached hydrogens (primary N) is 4. The van der Waals surface area contributed by atoms with Gasteiger partial charge in [-0.1, -0.05) is 76.7 Å². The first-order chi connectivity index (χ1) is 26.3. The van der Waals surface area contributed by atoms with Gasteiger partial charge in [0.2, 0.25) is 0 Å². The molecule has 0 radical (unpaired) electrons. The zero-order valence-corrected chi connectivity index (χ0v) is 44.0. The van der Waals surface area contributed by atoms with Gasteiger partial charge in [-0.15, -0.1) is 74.4 Å². The molecule has 2 atom stereocenters. The second-order valence-corrected chi connectivity index (χ2v) is 18.6. The van der Waals surface area contributed by atoms with Crippen LogP contribution in [0.5, 0.6) is 0 Å². The van der Waals surface area contributed by atoms with E-state index in [2.05, 4.69) is 48.0 Å². The van der Waals surface area contributed by atoms with Crippen LogP contribution in [0.1, 0.15) is 129 Å². The first kappa shape index (κ1) is 75.6. The van der Waals surface area contributed by atoms with Gasteiger partial charge in [-0.05, 0) is 129 Å². The average molecular weight is 1030 g/mol. The molecule has 0 fully saturated rings. The van der Waals surface area contributed by atoms with E-state index in [4.69, 9.17) is 41.0 Å². The second-order valence-electron chi connectivity index (χ2n) is 14.2. The highest BCUT2D eigenvalue weighted by Crippen LogP contribution is 2.49. The summed E-state index contributed by atoms with van der Waals surface area (Å²) in [5.41, 5.74) is 23.1. The molecule has 0 aromatic heterocycles. The van der Waals surface area contributed by atoms with E-state index in [1.54, 1.807) is 0 Å². The van der Waals surface area contributed by atoms with E-state index in [9.17, 15) is 9.13 Å². The maximum Gasteiger partial charge on any atom is 0.331 e. The number of nitrogens with zero attached hydrogens (tertiary/aromatic N) is 2. The summed E-state index contributed by atoms with van der Waals surface area (Å²) < 4.78 is 51.7. The Morgan fingerprint density at radius 1 is 0.383 bits per heavy atom. The highest BCUT2D eigenvalue weighted by molar-refractivity contribution is 7.54. The van der Waals surface area contributed by atoms with Crippen molar-refractivity contribution in [3.63, 3.8) is 0 Å². The molecule has 0 spiro atoms. The molecule has 0 amide bonds. The average Bonchev–Trinajstić information content (AvgIpc) is 3.17. The van der Waals surface area contributed by atoms with Crippen LogP contribution in [0.15, 0.2) is 24.3 Å². The Bertz CT molecular complexity index is 902. The predicted molar refractivity (Wildman–Crippen MR) is 274 cm³/mol. The van der Waals surface area contributed by atoms with Gasteiger partial charge in [0.25, 0.3) is 0 Å². The second kappa shape index (κ2) is 56.4. The van der Waals surface area contributed by atoms with Gasteiger partial charge in [-0.2, -0.15) is 0 Å². The molecule has 2 unspecified atom stereocenters. The Morgan fingerprint density at radius 3 is 0.983 bits per heavy atom. The normalized spacial score (nSPS) is 13.1. The largest absolute Gasteiger partial charge is 0.331 e. The van der Waals surface area contributed by atoms with Crippen molar-refractivity contribution in [1.82, 2.24) is 9.80 Å². The number of hydrogen-bond acceptors (Lipinski definition) is 12. The molecule has 0 saturated heterocycles. The van der Waals surface area contributed by atoms with Crippen molar-refractivity contribution in [2.45, 2.75) is 129 Å². The summed E-state index contributed by atoms with van der Waals surface area (Å²) >= 11 is 0. The van der Waals surface area contributed by atoms with Crippen LogP contribution in [-0.4, -0.2) is 114 Å². The first-order valence-electron chi connectivity index (χ1n) is 21.6. The Morgan fingerprint density at radius 2 is 0.683 bits per heavy atom. The van der Waals surface area contributed by atoms with Crippen molar-refractivity contribution in [3.05, 3.63) is 24.3 Å². The van der Waals surface area contributed by atoms with Crippen molar-refractivity contribution >= 4 is 89.6 Å². The SMILES string of the molecule is CCCCC/C=C\CCOP(=O)(CCN(CCCN)CCCN)OCCCCCCOP(=O)(CCN(CCCN)CCCN)OCC/C=C\CCCCC.Cl.Cl.Cl.Cl.Cl.Cl. The van der Waals surface area contributed by atoms with Crippen LogP contribution in [0.4, 0.5) is 0 Å². The van der Waals surface area contributed by atoms with Crippen LogP contribution in [0.3, 0.4) is 0 Å². The lowest BCUT2D eigenvalue weighted by atomic mass is 10.2. The van der Waals surface area contributed by atoms with Crippen molar-refractivity contribution in [2.75, 3.05) is 104 Å². The molecule has 20 heteroatoms. The molecule has 0 rings (SSSR count). The molecule has 0 aliphatic heterocycles. The third-order valence-corrected chi connectivity index (χ3v) is 12.9. The molecular formula is C40H92Cl6N6O6P2. The van der Waals surface area contributed by atoms with E-state index in [1.807, 2.05) is 0 Å². The standard InChI is InChI=1S/C40H86N6O6P2.6ClH/c1-3-5-7-9-11-13-17-35-49-53(47,39-33-45(29-21-25-41)30-22-26-42)51-37-19-15-16-20-38-52-54(48,50-36-18-14-12-10-8-6-4-2)40-34-46(31-23-27-43)32-24-28-44;;;;;;/h11-14H,3-10,15-44H2,1-2H3;6*1H/b13-11-,14-12-;;;;;;.